The van der Waals surface area contributed by atoms with Crippen LogP contribution in [0.3, 0.4) is 0 Å². The maximum absolute atomic E-state index is 12.3. The Bertz CT molecular complexity index is 680. The highest BCUT2D eigenvalue weighted by Gasteiger charge is 2.15. The van der Waals surface area contributed by atoms with Crippen molar-refractivity contribution in [2.24, 2.45) is 0 Å². The minimum atomic E-state index is -0.259. The average Bonchev–Trinajstić information content (AvgIpc) is 2.64. The lowest BCUT2D eigenvalue weighted by Gasteiger charge is -2.19. The predicted octanol–water partition coefficient (Wildman–Crippen LogP) is 3.89. The number of aromatic nitrogens is 2. The molecule has 134 valence electrons. The van der Waals surface area contributed by atoms with Crippen LogP contribution in [0.4, 0.5) is 5.95 Å². The molecule has 1 aromatic carbocycles. The Kier molecular flexibility index (Phi) is 8.01. The maximum atomic E-state index is 12.3. The molecule has 2 rings (SSSR count). The van der Waals surface area contributed by atoms with Crippen molar-refractivity contribution in [3.05, 3.63) is 47.2 Å². The zero-order valence-corrected chi connectivity index (χ0v) is 16.1. The van der Waals surface area contributed by atoms with Crippen LogP contribution in [0.5, 0.6) is 0 Å². The summed E-state index contributed by atoms with van der Waals surface area (Å²) in [7, 11) is 0. The molecule has 7 heteroatoms. The largest absolute Gasteiger partial charge is 0.351 e. The Balaban J connectivity index is 1.84. The van der Waals surface area contributed by atoms with Crippen molar-refractivity contribution in [1.29, 1.82) is 0 Å². The SMILES string of the molecule is CCN(CC)c1ncc(Cl)c(C(=O)NCCCSc2ccccc2)n1. The number of amides is 1. The summed E-state index contributed by atoms with van der Waals surface area (Å²) in [5, 5.41) is 3.15. The van der Waals surface area contributed by atoms with Crippen molar-refractivity contribution in [3.63, 3.8) is 0 Å². The number of thioether (sulfide) groups is 1. The summed E-state index contributed by atoms with van der Waals surface area (Å²) in [6.45, 7) is 6.17. The molecule has 0 atom stereocenters. The van der Waals surface area contributed by atoms with Crippen LogP contribution in [0, 0.1) is 0 Å². The van der Waals surface area contributed by atoms with Crippen LogP contribution in [-0.4, -0.2) is 41.3 Å². The molecule has 0 spiro atoms. The van der Waals surface area contributed by atoms with Gasteiger partial charge in [-0.1, -0.05) is 29.8 Å². The van der Waals surface area contributed by atoms with E-state index < -0.39 is 0 Å². The van der Waals surface area contributed by atoms with E-state index in [4.69, 9.17) is 11.6 Å². The number of hydrogen-bond acceptors (Lipinski definition) is 5. The second kappa shape index (κ2) is 10.3. The first-order chi connectivity index (χ1) is 12.2. The van der Waals surface area contributed by atoms with Gasteiger partial charge >= 0.3 is 0 Å². The molecule has 0 aliphatic heterocycles. The molecule has 0 fully saturated rings. The number of nitrogens with one attached hydrogen (secondary N) is 1. The number of benzene rings is 1. The molecular formula is C18H23ClN4OS. The van der Waals surface area contributed by atoms with Gasteiger partial charge < -0.3 is 10.2 Å². The number of carbonyl (C=O) groups is 1. The van der Waals surface area contributed by atoms with Gasteiger partial charge in [-0.15, -0.1) is 11.8 Å². The molecule has 1 aromatic heterocycles. The standard InChI is InChI=1S/C18H23ClN4OS/c1-3-23(4-2)18-21-13-15(19)16(22-18)17(24)20-11-8-12-25-14-9-6-5-7-10-14/h5-7,9-10,13H,3-4,8,11-12H2,1-2H3,(H,20,24). The molecule has 0 aliphatic carbocycles. The quantitative estimate of drug-likeness (QED) is 0.530. The molecule has 5 nitrogen and oxygen atoms in total. The second-order valence-electron chi connectivity index (χ2n) is 5.31. The Labute approximate surface area is 158 Å². The molecule has 0 unspecified atom stereocenters. The highest BCUT2D eigenvalue weighted by molar-refractivity contribution is 7.99. The van der Waals surface area contributed by atoms with Crippen LogP contribution in [0.15, 0.2) is 41.4 Å². The van der Waals surface area contributed by atoms with Crippen LogP contribution in [0.25, 0.3) is 0 Å². The van der Waals surface area contributed by atoms with Gasteiger partial charge in [-0.25, -0.2) is 9.97 Å². The summed E-state index contributed by atoms with van der Waals surface area (Å²) in [5.74, 6) is 1.21. The minimum absolute atomic E-state index is 0.231. The van der Waals surface area contributed by atoms with Crippen LogP contribution in [0.1, 0.15) is 30.8 Å². The lowest BCUT2D eigenvalue weighted by molar-refractivity contribution is 0.0949. The van der Waals surface area contributed by atoms with Gasteiger partial charge in [-0.05, 0) is 38.2 Å². The molecule has 1 N–H and O–H groups in total. The molecule has 1 amide bonds. The summed E-state index contributed by atoms with van der Waals surface area (Å²) in [6.07, 6.45) is 2.36. The zero-order valence-electron chi connectivity index (χ0n) is 14.5. The number of anilines is 1. The number of hydrogen-bond donors (Lipinski definition) is 1. The summed E-state index contributed by atoms with van der Waals surface area (Å²) in [5.41, 5.74) is 0.231. The third kappa shape index (κ3) is 5.90. The van der Waals surface area contributed by atoms with Gasteiger partial charge in [0.15, 0.2) is 5.69 Å². The normalized spacial score (nSPS) is 10.5. The number of nitrogens with zero attached hydrogens (tertiary/aromatic N) is 3. The molecule has 1 heterocycles. The molecular weight excluding hydrogens is 356 g/mol. The van der Waals surface area contributed by atoms with Crippen molar-refractivity contribution < 1.29 is 4.79 Å². The monoisotopic (exact) mass is 378 g/mol. The third-order valence-corrected chi connectivity index (χ3v) is 4.99. The number of halogens is 1. The predicted molar refractivity (Wildman–Crippen MR) is 105 cm³/mol. The first-order valence-corrected chi connectivity index (χ1v) is 9.75. The van der Waals surface area contributed by atoms with Crippen molar-refractivity contribution in [3.8, 4) is 0 Å². The van der Waals surface area contributed by atoms with Crippen molar-refractivity contribution >= 4 is 35.2 Å². The minimum Gasteiger partial charge on any atom is -0.351 e. The van der Waals surface area contributed by atoms with Gasteiger partial charge in [0.25, 0.3) is 5.91 Å². The molecule has 0 saturated heterocycles. The van der Waals surface area contributed by atoms with E-state index in [-0.39, 0.29) is 16.6 Å². The summed E-state index contributed by atoms with van der Waals surface area (Å²) < 4.78 is 0. The summed E-state index contributed by atoms with van der Waals surface area (Å²) >= 11 is 7.87. The van der Waals surface area contributed by atoms with E-state index in [1.807, 2.05) is 36.9 Å². The van der Waals surface area contributed by atoms with Gasteiger partial charge in [-0.2, -0.15) is 0 Å². The topological polar surface area (TPSA) is 58.1 Å². The fourth-order valence-corrected chi connectivity index (χ4v) is 3.29. The molecule has 0 saturated carbocycles. The van der Waals surface area contributed by atoms with E-state index in [1.54, 1.807) is 11.8 Å². The van der Waals surface area contributed by atoms with Gasteiger partial charge in [0, 0.05) is 24.5 Å². The summed E-state index contributed by atoms with van der Waals surface area (Å²) in [4.78, 5) is 24.1. The number of carbonyl (C=O) groups excluding carboxylic acids is 1. The lowest BCUT2D eigenvalue weighted by atomic mass is 10.3. The molecule has 25 heavy (non-hydrogen) atoms. The van der Waals surface area contributed by atoms with Gasteiger partial charge in [0.1, 0.15) is 0 Å². The van der Waals surface area contributed by atoms with E-state index >= 15 is 0 Å². The average molecular weight is 379 g/mol. The molecule has 2 aromatic rings. The Hall–Kier alpha value is -1.79. The van der Waals surface area contributed by atoms with E-state index in [2.05, 4.69) is 27.4 Å². The zero-order chi connectivity index (χ0) is 18.1. The Morgan fingerprint density at radius 3 is 2.64 bits per heavy atom. The first kappa shape index (κ1) is 19.5. The fraction of sp³-hybridized carbons (Fsp3) is 0.389. The highest BCUT2D eigenvalue weighted by atomic mass is 35.5. The Morgan fingerprint density at radius 1 is 1.24 bits per heavy atom. The molecule has 0 radical (unpaired) electrons. The van der Waals surface area contributed by atoms with E-state index in [9.17, 15) is 4.79 Å². The van der Waals surface area contributed by atoms with Gasteiger partial charge in [0.2, 0.25) is 5.95 Å². The number of rotatable bonds is 9. The van der Waals surface area contributed by atoms with Crippen molar-refractivity contribution in [2.45, 2.75) is 25.2 Å². The van der Waals surface area contributed by atoms with Crippen molar-refractivity contribution in [1.82, 2.24) is 15.3 Å². The van der Waals surface area contributed by atoms with Crippen LogP contribution >= 0.6 is 23.4 Å². The van der Waals surface area contributed by atoms with Gasteiger partial charge in [0.05, 0.1) is 11.2 Å². The van der Waals surface area contributed by atoms with E-state index in [0.717, 1.165) is 25.3 Å². The van der Waals surface area contributed by atoms with Gasteiger partial charge in [-0.3, -0.25) is 4.79 Å². The van der Waals surface area contributed by atoms with Crippen LogP contribution in [-0.2, 0) is 0 Å². The van der Waals surface area contributed by atoms with E-state index in [1.165, 1.54) is 11.1 Å². The maximum Gasteiger partial charge on any atom is 0.271 e. The third-order valence-electron chi connectivity index (χ3n) is 3.61. The Morgan fingerprint density at radius 2 is 1.96 bits per heavy atom. The highest BCUT2D eigenvalue weighted by Crippen LogP contribution is 2.18. The fourth-order valence-electron chi connectivity index (χ4n) is 2.24. The smallest absolute Gasteiger partial charge is 0.271 e. The first-order valence-electron chi connectivity index (χ1n) is 8.39. The van der Waals surface area contributed by atoms with Crippen LogP contribution in [0.2, 0.25) is 5.02 Å². The summed E-state index contributed by atoms with van der Waals surface area (Å²) in [6, 6.07) is 10.2. The lowest BCUT2D eigenvalue weighted by Crippen LogP contribution is -2.29. The van der Waals surface area contributed by atoms with Crippen LogP contribution < -0.4 is 10.2 Å². The van der Waals surface area contributed by atoms with Crippen molar-refractivity contribution in [2.75, 3.05) is 30.3 Å². The van der Waals surface area contributed by atoms with E-state index in [0.29, 0.717) is 12.5 Å². The molecule has 0 bridgehead atoms. The second-order valence-corrected chi connectivity index (χ2v) is 6.89. The molecule has 0 aliphatic rings.